The van der Waals surface area contributed by atoms with Crippen LogP contribution in [0, 0.1) is 0 Å². The Balaban J connectivity index is 2.44. The zero-order valence-electron chi connectivity index (χ0n) is 12.0. The maximum atomic E-state index is 11.9. The third-order valence-electron chi connectivity index (χ3n) is 2.46. The molecule has 10 heteroatoms. The quantitative estimate of drug-likeness (QED) is 0.500. The molecule has 1 aromatic heterocycles. The van der Waals surface area contributed by atoms with Crippen LogP contribution in [0.1, 0.15) is 19.1 Å². The van der Waals surface area contributed by atoms with E-state index in [2.05, 4.69) is 14.8 Å². The highest BCUT2D eigenvalue weighted by Crippen LogP contribution is 2.13. The summed E-state index contributed by atoms with van der Waals surface area (Å²) in [5.74, 6) is 0.538. The van der Waals surface area contributed by atoms with Crippen molar-refractivity contribution in [2.24, 2.45) is 0 Å². The molecular formula is C11H21N3O5S2. The first kappa shape index (κ1) is 18.1. The Bertz CT molecular complexity index is 637. The first-order chi connectivity index (χ1) is 9.74. The van der Waals surface area contributed by atoms with E-state index in [9.17, 15) is 16.8 Å². The van der Waals surface area contributed by atoms with Gasteiger partial charge >= 0.3 is 0 Å². The highest BCUT2D eigenvalue weighted by Gasteiger charge is 2.18. The first-order valence-corrected chi connectivity index (χ1v) is 9.86. The maximum absolute atomic E-state index is 11.9. The van der Waals surface area contributed by atoms with Gasteiger partial charge in [-0.1, -0.05) is 6.92 Å². The van der Waals surface area contributed by atoms with Gasteiger partial charge in [-0.3, -0.25) is 0 Å². The normalized spacial score (nSPS) is 12.7. The average molecular weight is 339 g/mol. The number of furan rings is 1. The largest absolute Gasteiger partial charge is 0.447 e. The van der Waals surface area contributed by atoms with Crippen molar-refractivity contribution in [2.75, 3.05) is 25.9 Å². The third-order valence-corrected chi connectivity index (χ3v) is 4.52. The van der Waals surface area contributed by atoms with Crippen molar-refractivity contribution in [3.05, 3.63) is 17.9 Å². The Hall–Kier alpha value is -0.940. The van der Waals surface area contributed by atoms with Gasteiger partial charge in [-0.05, 0) is 25.1 Å². The highest BCUT2D eigenvalue weighted by atomic mass is 32.2. The SMILES string of the molecule is CCNCc1ccc(S(=O)(=O)NCCCNS(C)(=O)=O)o1. The predicted octanol–water partition coefficient (Wildman–Crippen LogP) is -0.393. The molecule has 0 aliphatic rings. The summed E-state index contributed by atoms with van der Waals surface area (Å²) in [5.41, 5.74) is 0. The standard InChI is InChI=1S/C11H21N3O5S2/c1-3-12-9-10-5-6-11(19-10)21(17,18)14-8-4-7-13-20(2,15)16/h5-6,12-14H,3-4,7-9H2,1-2H3. The fraction of sp³-hybridized carbons (Fsp3) is 0.636. The van der Waals surface area contributed by atoms with Crippen LogP contribution in [-0.2, 0) is 26.6 Å². The van der Waals surface area contributed by atoms with Gasteiger partial charge in [0, 0.05) is 13.1 Å². The van der Waals surface area contributed by atoms with Crippen LogP contribution in [0.25, 0.3) is 0 Å². The Morgan fingerprint density at radius 3 is 2.38 bits per heavy atom. The number of rotatable bonds is 10. The van der Waals surface area contributed by atoms with Crippen molar-refractivity contribution >= 4 is 20.0 Å². The van der Waals surface area contributed by atoms with Gasteiger partial charge in [0.15, 0.2) is 0 Å². The second kappa shape index (κ2) is 7.90. The van der Waals surface area contributed by atoms with Gasteiger partial charge in [-0.2, -0.15) is 0 Å². The summed E-state index contributed by atoms with van der Waals surface area (Å²) < 4.78 is 55.4. The smallest absolute Gasteiger partial charge is 0.273 e. The number of hydrogen-bond acceptors (Lipinski definition) is 6. The Morgan fingerprint density at radius 2 is 1.76 bits per heavy atom. The zero-order chi connectivity index (χ0) is 15.9. The van der Waals surface area contributed by atoms with Crippen molar-refractivity contribution in [1.29, 1.82) is 0 Å². The summed E-state index contributed by atoms with van der Waals surface area (Å²) in [7, 11) is -6.95. The van der Waals surface area contributed by atoms with Gasteiger partial charge in [-0.25, -0.2) is 26.3 Å². The first-order valence-electron chi connectivity index (χ1n) is 6.48. The van der Waals surface area contributed by atoms with E-state index in [0.717, 1.165) is 12.8 Å². The second-order valence-electron chi connectivity index (χ2n) is 4.42. The summed E-state index contributed by atoms with van der Waals surface area (Å²) in [4.78, 5) is 0. The Labute approximate surface area is 125 Å². The van der Waals surface area contributed by atoms with E-state index in [1.54, 1.807) is 6.07 Å². The maximum Gasteiger partial charge on any atom is 0.273 e. The van der Waals surface area contributed by atoms with E-state index in [4.69, 9.17) is 4.42 Å². The molecule has 0 radical (unpaired) electrons. The van der Waals surface area contributed by atoms with Crippen LogP contribution in [0.15, 0.2) is 21.6 Å². The van der Waals surface area contributed by atoms with E-state index in [0.29, 0.717) is 18.7 Å². The van der Waals surface area contributed by atoms with Crippen LogP contribution in [0.4, 0.5) is 0 Å². The van der Waals surface area contributed by atoms with Crippen molar-refractivity contribution in [1.82, 2.24) is 14.8 Å². The van der Waals surface area contributed by atoms with Crippen molar-refractivity contribution in [3.63, 3.8) is 0 Å². The lowest BCUT2D eigenvalue weighted by Gasteiger charge is -2.05. The molecule has 8 nitrogen and oxygen atoms in total. The molecule has 0 aliphatic heterocycles. The minimum Gasteiger partial charge on any atom is -0.447 e. The minimum atomic E-state index is -3.70. The van der Waals surface area contributed by atoms with E-state index >= 15 is 0 Å². The topological polar surface area (TPSA) is 118 Å². The molecule has 0 aromatic carbocycles. The van der Waals surface area contributed by atoms with E-state index in [1.165, 1.54) is 6.07 Å². The molecule has 0 bridgehead atoms. The van der Waals surface area contributed by atoms with Crippen LogP contribution in [0.2, 0.25) is 0 Å². The monoisotopic (exact) mass is 339 g/mol. The van der Waals surface area contributed by atoms with E-state index < -0.39 is 20.0 Å². The predicted molar refractivity (Wildman–Crippen MR) is 78.7 cm³/mol. The molecule has 1 rings (SSSR count). The summed E-state index contributed by atoms with van der Waals surface area (Å²) in [6.07, 6.45) is 1.39. The number of sulfonamides is 2. The van der Waals surface area contributed by atoms with Crippen molar-refractivity contribution in [2.45, 2.75) is 25.0 Å². The molecule has 0 saturated carbocycles. The fourth-order valence-corrected chi connectivity index (χ4v) is 3.00. The molecule has 0 aliphatic carbocycles. The van der Waals surface area contributed by atoms with Gasteiger partial charge in [0.05, 0.1) is 12.8 Å². The molecule has 1 aromatic rings. The molecule has 0 unspecified atom stereocenters. The van der Waals surface area contributed by atoms with Crippen LogP contribution in [0.5, 0.6) is 0 Å². The van der Waals surface area contributed by atoms with Crippen molar-refractivity contribution in [3.8, 4) is 0 Å². The van der Waals surface area contributed by atoms with Crippen molar-refractivity contribution < 1.29 is 21.3 Å². The van der Waals surface area contributed by atoms with Gasteiger partial charge in [0.1, 0.15) is 5.76 Å². The molecule has 0 saturated heterocycles. The lowest BCUT2D eigenvalue weighted by molar-refractivity contribution is 0.401. The van der Waals surface area contributed by atoms with Crippen LogP contribution < -0.4 is 14.8 Å². The fourth-order valence-electron chi connectivity index (χ4n) is 1.47. The van der Waals surface area contributed by atoms with E-state index in [-0.39, 0.29) is 18.2 Å². The molecule has 122 valence electrons. The van der Waals surface area contributed by atoms with Gasteiger partial charge in [0.2, 0.25) is 15.1 Å². The average Bonchev–Trinajstić information content (AvgIpc) is 2.84. The number of nitrogens with one attached hydrogen (secondary N) is 3. The van der Waals surface area contributed by atoms with Crippen LogP contribution >= 0.6 is 0 Å². The molecule has 0 amide bonds. The second-order valence-corrected chi connectivity index (χ2v) is 7.95. The van der Waals surface area contributed by atoms with Crippen LogP contribution in [0.3, 0.4) is 0 Å². The minimum absolute atomic E-state index is 0.119. The lowest BCUT2D eigenvalue weighted by Crippen LogP contribution is -2.29. The molecular weight excluding hydrogens is 318 g/mol. The zero-order valence-corrected chi connectivity index (χ0v) is 13.7. The summed E-state index contributed by atoms with van der Waals surface area (Å²) >= 11 is 0. The van der Waals surface area contributed by atoms with Gasteiger partial charge in [-0.15, -0.1) is 0 Å². The Morgan fingerprint density at radius 1 is 1.10 bits per heavy atom. The van der Waals surface area contributed by atoms with Gasteiger partial charge < -0.3 is 9.73 Å². The van der Waals surface area contributed by atoms with Gasteiger partial charge in [0.25, 0.3) is 10.0 Å². The molecule has 0 atom stereocenters. The summed E-state index contributed by atoms with van der Waals surface area (Å²) in [5, 5.41) is 2.88. The van der Waals surface area contributed by atoms with E-state index in [1.807, 2.05) is 6.92 Å². The summed E-state index contributed by atoms with van der Waals surface area (Å²) in [6.45, 7) is 3.45. The van der Waals surface area contributed by atoms with Crippen LogP contribution in [-0.4, -0.2) is 42.7 Å². The Kier molecular flexibility index (Phi) is 6.81. The molecule has 3 N–H and O–H groups in total. The molecule has 0 fully saturated rings. The molecule has 0 spiro atoms. The third kappa shape index (κ3) is 7.05. The molecule has 1 heterocycles. The summed E-state index contributed by atoms with van der Waals surface area (Å²) in [6, 6.07) is 2.99. The highest BCUT2D eigenvalue weighted by molar-refractivity contribution is 7.89. The molecule has 21 heavy (non-hydrogen) atoms. The lowest BCUT2D eigenvalue weighted by atomic mass is 10.4. The number of hydrogen-bond donors (Lipinski definition) is 3.